The Hall–Kier alpha value is -3.66. The van der Waals surface area contributed by atoms with Crippen LogP contribution in [0.5, 0.6) is 23.0 Å². The maximum absolute atomic E-state index is 6.48. The quantitative estimate of drug-likeness (QED) is 0.304. The third-order valence-corrected chi connectivity index (χ3v) is 5.42. The van der Waals surface area contributed by atoms with Crippen LogP contribution >= 0.6 is 0 Å². The number of aromatic amines is 1. The average Bonchev–Trinajstić information content (AvgIpc) is 3.10. The largest absolute Gasteiger partial charge is 0.453 e. The molecule has 1 aromatic heterocycles. The summed E-state index contributed by atoms with van der Waals surface area (Å²) in [5.41, 5.74) is 6.26. The van der Waals surface area contributed by atoms with E-state index in [0.717, 1.165) is 62.2 Å². The topological polar surface area (TPSA) is 37.5 Å². The summed E-state index contributed by atoms with van der Waals surface area (Å²) in [4.78, 5) is 5.75. The van der Waals surface area contributed by atoms with E-state index in [1.165, 1.54) is 0 Å². The van der Waals surface area contributed by atoms with Crippen molar-refractivity contribution in [1.82, 2.24) is 4.98 Å². The van der Waals surface area contributed by atoms with E-state index in [1.807, 2.05) is 57.2 Å². The molecule has 0 saturated carbocycles. The van der Waals surface area contributed by atoms with Gasteiger partial charge in [-0.15, -0.1) is 0 Å². The summed E-state index contributed by atoms with van der Waals surface area (Å²) in [7, 11) is 0. The van der Waals surface area contributed by atoms with Crippen LogP contribution in [0.2, 0.25) is 0 Å². The molecule has 0 atom stereocenters. The number of aryl methyl sites for hydroxylation is 1. The molecule has 0 unspecified atom stereocenters. The first-order valence-electron chi connectivity index (χ1n) is 10.4. The molecule has 0 bridgehead atoms. The Morgan fingerprint density at radius 1 is 0.867 bits per heavy atom. The van der Waals surface area contributed by atoms with Gasteiger partial charge in [-0.3, -0.25) is 4.90 Å². The highest BCUT2D eigenvalue weighted by Gasteiger charge is 2.36. The van der Waals surface area contributed by atoms with Gasteiger partial charge in [-0.2, -0.15) is 0 Å². The van der Waals surface area contributed by atoms with Gasteiger partial charge in [0.25, 0.3) is 0 Å². The Kier molecular flexibility index (Phi) is 4.28. The van der Waals surface area contributed by atoms with E-state index < -0.39 is 0 Å². The fourth-order valence-electron chi connectivity index (χ4n) is 4.27. The molecule has 4 nitrogen and oxygen atoms in total. The summed E-state index contributed by atoms with van der Waals surface area (Å²) in [6.45, 7) is 8.12. The zero-order chi connectivity index (χ0) is 20.8. The van der Waals surface area contributed by atoms with Crippen molar-refractivity contribution in [3.05, 3.63) is 71.9 Å². The number of H-pyrrole nitrogens is 1. The molecule has 6 rings (SSSR count). The molecule has 3 aromatic carbocycles. The number of benzene rings is 3. The Bertz CT molecular complexity index is 1290. The number of ether oxygens (including phenoxy) is 2. The molecular weight excluding hydrogens is 372 g/mol. The SMILES string of the molecule is C/C=C\c1c(C)[nH]c2cc3c4c(c12)Oc1ccccc1N4c1ccccc1O3.CC. The summed E-state index contributed by atoms with van der Waals surface area (Å²) >= 11 is 0. The van der Waals surface area contributed by atoms with Gasteiger partial charge in [-0.05, 0) is 38.1 Å². The fourth-order valence-corrected chi connectivity index (χ4v) is 4.27. The number of allylic oxidation sites excluding steroid dienone is 1. The molecule has 4 heteroatoms. The Balaban J connectivity index is 0.000000937. The molecule has 2 aliphatic rings. The maximum Gasteiger partial charge on any atom is 0.165 e. The highest BCUT2D eigenvalue weighted by atomic mass is 16.5. The van der Waals surface area contributed by atoms with E-state index in [1.54, 1.807) is 0 Å². The van der Waals surface area contributed by atoms with E-state index in [0.29, 0.717) is 0 Å². The number of hydrogen-bond donors (Lipinski definition) is 1. The minimum Gasteiger partial charge on any atom is -0.453 e. The monoisotopic (exact) mass is 396 g/mol. The van der Waals surface area contributed by atoms with Gasteiger partial charge < -0.3 is 14.5 Å². The maximum atomic E-state index is 6.48. The summed E-state index contributed by atoms with van der Waals surface area (Å²) < 4.78 is 12.8. The molecular formula is C26H24N2O2. The molecule has 0 spiro atoms. The van der Waals surface area contributed by atoms with Crippen LogP contribution in [-0.4, -0.2) is 4.98 Å². The van der Waals surface area contributed by atoms with Crippen molar-refractivity contribution in [2.24, 2.45) is 0 Å². The summed E-state index contributed by atoms with van der Waals surface area (Å²) in [5.74, 6) is 3.31. The molecule has 2 aliphatic heterocycles. The predicted molar refractivity (Wildman–Crippen MR) is 124 cm³/mol. The number of nitrogens with zero attached hydrogens (tertiary/aromatic N) is 1. The van der Waals surface area contributed by atoms with Crippen LogP contribution in [0.3, 0.4) is 0 Å². The standard InChI is InChI=1S/C24H18N2O2.C2H6/c1-3-8-15-14(2)25-16-13-21-23-24(22(15)16)28-20-12-7-5-10-18(20)26(23)17-9-4-6-11-19(17)27-21;1-2/h3-13,25H,1-2H3;1-2H3/b8-3-;. The molecule has 1 N–H and O–H groups in total. The molecule has 150 valence electrons. The third-order valence-electron chi connectivity index (χ3n) is 5.42. The van der Waals surface area contributed by atoms with E-state index in [2.05, 4.69) is 47.2 Å². The van der Waals surface area contributed by atoms with Crippen LogP contribution in [0.15, 0.2) is 60.7 Å². The van der Waals surface area contributed by atoms with E-state index in [-0.39, 0.29) is 0 Å². The second-order valence-electron chi connectivity index (χ2n) is 7.11. The lowest BCUT2D eigenvalue weighted by Crippen LogP contribution is -2.20. The first kappa shape index (κ1) is 18.4. The van der Waals surface area contributed by atoms with Gasteiger partial charge in [0.1, 0.15) is 5.69 Å². The Morgan fingerprint density at radius 2 is 1.50 bits per heavy atom. The first-order chi connectivity index (χ1) is 14.8. The van der Waals surface area contributed by atoms with E-state index in [4.69, 9.17) is 9.47 Å². The minimum atomic E-state index is 0.795. The lowest BCUT2D eigenvalue weighted by Gasteiger charge is -2.38. The molecule has 0 fully saturated rings. The predicted octanol–water partition coefficient (Wildman–Crippen LogP) is 8.22. The molecule has 3 heterocycles. The Morgan fingerprint density at radius 3 is 2.17 bits per heavy atom. The highest BCUT2D eigenvalue weighted by Crippen LogP contribution is 2.61. The highest BCUT2D eigenvalue weighted by molar-refractivity contribution is 6.06. The van der Waals surface area contributed by atoms with Crippen molar-refractivity contribution in [1.29, 1.82) is 0 Å². The number of nitrogens with one attached hydrogen (secondary N) is 1. The molecule has 0 amide bonds. The normalized spacial score (nSPS) is 13.0. The lowest BCUT2D eigenvalue weighted by molar-refractivity contribution is 0.450. The Labute approximate surface area is 176 Å². The second-order valence-corrected chi connectivity index (χ2v) is 7.11. The van der Waals surface area contributed by atoms with Crippen LogP contribution in [-0.2, 0) is 0 Å². The number of anilines is 3. The number of rotatable bonds is 1. The summed E-state index contributed by atoms with van der Waals surface area (Å²) in [6, 6.07) is 18.4. The summed E-state index contributed by atoms with van der Waals surface area (Å²) in [6.07, 6.45) is 4.19. The van der Waals surface area contributed by atoms with Gasteiger partial charge >= 0.3 is 0 Å². The third kappa shape index (κ3) is 2.47. The van der Waals surface area contributed by atoms with Crippen molar-refractivity contribution in [2.75, 3.05) is 4.90 Å². The van der Waals surface area contributed by atoms with Gasteiger partial charge in [-0.1, -0.05) is 50.3 Å². The van der Waals surface area contributed by atoms with Crippen molar-refractivity contribution in [3.63, 3.8) is 0 Å². The smallest absolute Gasteiger partial charge is 0.165 e. The van der Waals surface area contributed by atoms with Gasteiger partial charge in [0, 0.05) is 17.3 Å². The van der Waals surface area contributed by atoms with Crippen molar-refractivity contribution < 1.29 is 9.47 Å². The van der Waals surface area contributed by atoms with Crippen LogP contribution in [0, 0.1) is 6.92 Å². The van der Waals surface area contributed by atoms with Crippen molar-refractivity contribution >= 4 is 34.0 Å². The molecule has 0 saturated heterocycles. The summed E-state index contributed by atoms with van der Waals surface area (Å²) in [5, 5.41) is 1.08. The lowest BCUT2D eigenvalue weighted by atomic mass is 10.0. The van der Waals surface area contributed by atoms with Crippen LogP contribution in [0.1, 0.15) is 32.0 Å². The van der Waals surface area contributed by atoms with E-state index in [9.17, 15) is 0 Å². The van der Waals surface area contributed by atoms with E-state index >= 15 is 0 Å². The number of aromatic nitrogens is 1. The first-order valence-corrected chi connectivity index (χ1v) is 10.4. The van der Waals surface area contributed by atoms with Crippen LogP contribution in [0.4, 0.5) is 17.1 Å². The molecule has 4 aromatic rings. The number of hydrogen-bond acceptors (Lipinski definition) is 3. The van der Waals surface area contributed by atoms with Crippen molar-refractivity contribution in [2.45, 2.75) is 27.7 Å². The minimum absolute atomic E-state index is 0.795. The molecule has 0 radical (unpaired) electrons. The number of para-hydroxylation sites is 4. The zero-order valence-corrected chi connectivity index (χ0v) is 17.6. The van der Waals surface area contributed by atoms with Crippen molar-refractivity contribution in [3.8, 4) is 23.0 Å². The van der Waals surface area contributed by atoms with Crippen LogP contribution in [0.25, 0.3) is 17.0 Å². The average molecular weight is 396 g/mol. The van der Waals surface area contributed by atoms with Gasteiger partial charge in [0.2, 0.25) is 0 Å². The molecule has 30 heavy (non-hydrogen) atoms. The fraction of sp³-hybridized carbons (Fsp3) is 0.154. The number of fused-ring (bicyclic) bond motifs is 6. The second kappa shape index (κ2) is 6.99. The van der Waals surface area contributed by atoms with Gasteiger partial charge in [0.05, 0.1) is 22.3 Å². The van der Waals surface area contributed by atoms with Crippen LogP contribution < -0.4 is 14.4 Å². The van der Waals surface area contributed by atoms with Gasteiger partial charge in [-0.25, -0.2) is 0 Å². The zero-order valence-electron chi connectivity index (χ0n) is 17.6. The van der Waals surface area contributed by atoms with Gasteiger partial charge in [0.15, 0.2) is 23.0 Å². The molecule has 0 aliphatic carbocycles.